The third-order valence-electron chi connectivity index (χ3n) is 7.71. The van der Waals surface area contributed by atoms with Gasteiger partial charge in [-0.2, -0.15) is 0 Å². The summed E-state index contributed by atoms with van der Waals surface area (Å²) in [4.78, 5) is 11.9. The van der Waals surface area contributed by atoms with Gasteiger partial charge in [0.15, 0.2) is 39.6 Å². The molecule has 11 heteroatoms. The first-order valence-electron chi connectivity index (χ1n) is 13.0. The number of nitrogens with zero attached hydrogens (tertiary/aromatic N) is 6. The minimum atomic E-state index is -0.829. The van der Waals surface area contributed by atoms with E-state index in [2.05, 4.69) is 29.1 Å². The molecular formula is C26H32F2N6O2S. The minimum Gasteiger partial charge on any atom is -0.354 e. The highest BCUT2D eigenvalue weighted by Crippen LogP contribution is 2.49. The Kier molecular flexibility index (Phi) is 6.15. The maximum Gasteiger partial charge on any atom is 0.191 e. The zero-order chi connectivity index (χ0) is 26.1. The lowest BCUT2D eigenvalue weighted by Crippen LogP contribution is -2.28. The van der Waals surface area contributed by atoms with Crippen molar-refractivity contribution in [3.63, 3.8) is 0 Å². The molecule has 3 heterocycles. The van der Waals surface area contributed by atoms with Gasteiger partial charge in [-0.15, -0.1) is 5.10 Å². The first kappa shape index (κ1) is 24.9. The van der Waals surface area contributed by atoms with E-state index in [1.165, 1.54) is 12.1 Å². The normalized spacial score (nSPS) is 30.1. The molecule has 1 aromatic carbocycles. The van der Waals surface area contributed by atoms with Crippen LogP contribution in [0, 0.1) is 17.6 Å². The van der Waals surface area contributed by atoms with Crippen molar-refractivity contribution in [3.05, 3.63) is 35.4 Å². The molecule has 6 rings (SSSR count). The fraction of sp³-hybridized carbons (Fsp3) is 0.615. The van der Waals surface area contributed by atoms with Crippen LogP contribution in [0.1, 0.15) is 64.5 Å². The molecule has 1 aliphatic heterocycles. The van der Waals surface area contributed by atoms with Crippen molar-refractivity contribution >= 4 is 28.7 Å². The van der Waals surface area contributed by atoms with Crippen molar-refractivity contribution in [2.24, 2.45) is 5.92 Å². The number of halogens is 2. The average Bonchev–Trinajstić information content (AvgIpc) is 3.33. The molecule has 3 aromatic rings. The fourth-order valence-corrected chi connectivity index (χ4v) is 6.52. The smallest absolute Gasteiger partial charge is 0.191 e. The van der Waals surface area contributed by atoms with Crippen LogP contribution in [-0.2, 0) is 9.47 Å². The number of likely N-dealkylation sites (N-methyl/N-ethyl adjacent to an activating group) is 1. The second kappa shape index (κ2) is 9.13. The van der Waals surface area contributed by atoms with E-state index in [1.54, 1.807) is 17.8 Å². The van der Waals surface area contributed by atoms with Crippen molar-refractivity contribution in [1.82, 2.24) is 25.0 Å². The molecule has 1 saturated heterocycles. The monoisotopic (exact) mass is 530 g/mol. The predicted molar refractivity (Wildman–Crippen MR) is 137 cm³/mol. The van der Waals surface area contributed by atoms with Gasteiger partial charge >= 0.3 is 0 Å². The summed E-state index contributed by atoms with van der Waals surface area (Å²) in [6.45, 7) is 8.20. The van der Waals surface area contributed by atoms with Crippen LogP contribution in [0.5, 0.6) is 0 Å². The standard InChI is InChI=1S/C26H32F2N6O2S/c1-6-9-37-25-29-23(33(5)18-12-15(18)14-7-8-16(27)17(28)11-14)20-24(30-25)34(32-31-20)19-10-13(2)21-22(19)36-26(3,4)35-21/h7-8,11,13,15,18-19,21-22H,6,9-10,12H2,1-5H3/t13-,15-,18+,19+,21+,22-/m0/s1. The topological polar surface area (TPSA) is 78.2 Å². The Morgan fingerprint density at radius 1 is 1.14 bits per heavy atom. The number of anilines is 1. The number of aromatic nitrogens is 5. The van der Waals surface area contributed by atoms with Crippen molar-refractivity contribution in [1.29, 1.82) is 0 Å². The number of ether oxygens (including phenoxy) is 2. The molecular weight excluding hydrogens is 498 g/mol. The van der Waals surface area contributed by atoms with E-state index in [9.17, 15) is 8.78 Å². The first-order chi connectivity index (χ1) is 17.7. The lowest BCUT2D eigenvalue weighted by molar-refractivity contribution is -0.159. The minimum absolute atomic E-state index is 0.000458. The quantitative estimate of drug-likeness (QED) is 0.309. The molecule has 2 aliphatic carbocycles. The van der Waals surface area contributed by atoms with Crippen molar-refractivity contribution < 1.29 is 18.3 Å². The van der Waals surface area contributed by atoms with Crippen molar-refractivity contribution in [3.8, 4) is 0 Å². The van der Waals surface area contributed by atoms with Crippen LogP contribution in [0.15, 0.2) is 23.4 Å². The van der Waals surface area contributed by atoms with Crippen LogP contribution in [0.2, 0.25) is 0 Å². The highest BCUT2D eigenvalue weighted by Gasteiger charge is 2.54. The van der Waals surface area contributed by atoms with Gasteiger partial charge in [0.2, 0.25) is 0 Å². The van der Waals surface area contributed by atoms with Crippen LogP contribution in [0.3, 0.4) is 0 Å². The molecule has 8 nitrogen and oxygen atoms in total. The van der Waals surface area contributed by atoms with Crippen LogP contribution < -0.4 is 4.90 Å². The number of hydrogen-bond donors (Lipinski definition) is 0. The van der Waals surface area contributed by atoms with E-state index >= 15 is 0 Å². The molecule has 37 heavy (non-hydrogen) atoms. The molecule has 6 atom stereocenters. The van der Waals surface area contributed by atoms with E-state index in [-0.39, 0.29) is 30.2 Å². The second-order valence-electron chi connectivity index (χ2n) is 10.9. The van der Waals surface area contributed by atoms with Gasteiger partial charge in [-0.1, -0.05) is 36.9 Å². The number of thioether (sulfide) groups is 1. The van der Waals surface area contributed by atoms with Gasteiger partial charge < -0.3 is 14.4 Å². The molecule has 3 fully saturated rings. The van der Waals surface area contributed by atoms with Crippen LogP contribution in [-0.4, -0.2) is 61.8 Å². The van der Waals surface area contributed by atoms with Crippen LogP contribution in [0.25, 0.3) is 11.2 Å². The molecule has 198 valence electrons. The van der Waals surface area contributed by atoms with Gasteiger partial charge in [-0.3, -0.25) is 0 Å². The summed E-state index contributed by atoms with van der Waals surface area (Å²) in [5.41, 5.74) is 2.11. The molecule has 2 aromatic heterocycles. The van der Waals surface area contributed by atoms with Crippen molar-refractivity contribution in [2.45, 2.75) is 88.1 Å². The summed E-state index contributed by atoms with van der Waals surface area (Å²) < 4.78 is 41.7. The van der Waals surface area contributed by atoms with E-state index in [0.29, 0.717) is 28.1 Å². The summed E-state index contributed by atoms with van der Waals surface area (Å²) in [5, 5.41) is 9.79. The zero-order valence-corrected chi connectivity index (χ0v) is 22.5. The molecule has 0 amide bonds. The van der Waals surface area contributed by atoms with Gasteiger partial charge in [0.25, 0.3) is 0 Å². The van der Waals surface area contributed by atoms with Crippen molar-refractivity contribution in [2.75, 3.05) is 17.7 Å². The SMILES string of the molecule is CCCSc1nc(N(C)[C@@H]2C[C@H]2c2ccc(F)c(F)c2)c2nnn([C@@H]3C[C@H](C)[C@H]4OC(C)(C)O[C@H]43)c2n1. The third-order valence-corrected chi connectivity index (χ3v) is 8.76. The Balaban J connectivity index is 1.35. The number of benzene rings is 1. The van der Waals surface area contributed by atoms with Gasteiger partial charge in [-0.05, 0) is 56.7 Å². The summed E-state index contributed by atoms with van der Waals surface area (Å²) in [5.74, 6) is -0.273. The fourth-order valence-electron chi connectivity index (χ4n) is 5.83. The zero-order valence-electron chi connectivity index (χ0n) is 21.7. The van der Waals surface area contributed by atoms with Gasteiger partial charge in [0, 0.05) is 24.8 Å². The van der Waals surface area contributed by atoms with Gasteiger partial charge in [0.05, 0.1) is 12.1 Å². The maximum atomic E-state index is 13.9. The van der Waals surface area contributed by atoms with Gasteiger partial charge in [-0.25, -0.2) is 23.4 Å². The predicted octanol–water partition coefficient (Wildman–Crippen LogP) is 5.09. The highest BCUT2D eigenvalue weighted by molar-refractivity contribution is 7.99. The van der Waals surface area contributed by atoms with E-state index < -0.39 is 17.4 Å². The Labute approximate surface area is 219 Å². The lowest BCUT2D eigenvalue weighted by atomic mass is 10.1. The largest absolute Gasteiger partial charge is 0.354 e. The van der Waals surface area contributed by atoms with E-state index in [1.807, 2.05) is 25.6 Å². The van der Waals surface area contributed by atoms with Gasteiger partial charge in [0.1, 0.15) is 6.10 Å². The number of fused-ring (bicyclic) bond motifs is 2. The maximum absolute atomic E-state index is 13.9. The summed E-state index contributed by atoms with van der Waals surface area (Å²) in [6, 6.07) is 4.21. The summed E-state index contributed by atoms with van der Waals surface area (Å²) >= 11 is 1.61. The summed E-state index contributed by atoms with van der Waals surface area (Å²) in [7, 11) is 1.98. The average molecular weight is 531 g/mol. The van der Waals surface area contributed by atoms with Crippen LogP contribution >= 0.6 is 11.8 Å². The van der Waals surface area contributed by atoms with E-state index in [0.717, 1.165) is 30.6 Å². The Hall–Kier alpha value is -2.37. The molecule has 2 saturated carbocycles. The second-order valence-corrected chi connectivity index (χ2v) is 12.0. The Morgan fingerprint density at radius 3 is 2.68 bits per heavy atom. The molecule has 3 aliphatic rings. The lowest BCUT2D eigenvalue weighted by Gasteiger charge is -2.23. The molecule has 0 unspecified atom stereocenters. The van der Waals surface area contributed by atoms with Crippen LogP contribution in [0.4, 0.5) is 14.6 Å². The molecule has 0 spiro atoms. The molecule has 0 bridgehead atoms. The highest BCUT2D eigenvalue weighted by atomic mass is 32.2. The Morgan fingerprint density at radius 2 is 1.92 bits per heavy atom. The number of rotatable bonds is 7. The molecule has 0 radical (unpaired) electrons. The number of hydrogen-bond acceptors (Lipinski definition) is 8. The molecule has 0 N–H and O–H groups in total. The first-order valence-corrected chi connectivity index (χ1v) is 13.9. The van der Waals surface area contributed by atoms with E-state index in [4.69, 9.17) is 19.4 Å². The third kappa shape index (κ3) is 4.38. The Bertz CT molecular complexity index is 1340. The summed E-state index contributed by atoms with van der Waals surface area (Å²) in [6.07, 6.45) is 2.55.